The van der Waals surface area contributed by atoms with Gasteiger partial charge in [0.15, 0.2) is 0 Å². The van der Waals surface area contributed by atoms with Crippen molar-refractivity contribution >= 4 is 19.7 Å². The summed E-state index contributed by atoms with van der Waals surface area (Å²) >= 11 is 0. The van der Waals surface area contributed by atoms with E-state index < -0.39 is 26.5 Å². The maximum atomic E-state index is 12.1. The number of nitrogens with one attached hydrogen (secondary N) is 1. The molecular formula is C49H92NO8P. The van der Waals surface area contributed by atoms with Gasteiger partial charge in [0.2, 0.25) is 5.91 Å². The van der Waals surface area contributed by atoms with Gasteiger partial charge in [0.1, 0.15) is 12.7 Å². The molecule has 0 aliphatic heterocycles. The molecule has 0 aliphatic rings. The fourth-order valence-corrected chi connectivity index (χ4v) is 7.62. The van der Waals surface area contributed by atoms with Gasteiger partial charge in [0.05, 0.1) is 13.2 Å². The average Bonchev–Trinajstić information content (AvgIpc) is 3.22. The number of aliphatic hydroxyl groups excluding tert-OH is 1. The smallest absolute Gasteiger partial charge is 0.463 e. The van der Waals surface area contributed by atoms with Gasteiger partial charge in [-0.2, -0.15) is 0 Å². The molecule has 2 unspecified atom stereocenters. The molecule has 0 heterocycles. The van der Waals surface area contributed by atoms with Crippen LogP contribution in [0, 0.1) is 0 Å². The van der Waals surface area contributed by atoms with Gasteiger partial charge in [0.25, 0.3) is 0 Å². The van der Waals surface area contributed by atoms with Crippen LogP contribution in [0.3, 0.4) is 0 Å². The van der Waals surface area contributed by atoms with Crippen LogP contribution in [0.15, 0.2) is 36.5 Å². The summed E-state index contributed by atoms with van der Waals surface area (Å²) in [5.74, 6) is -0.513. The van der Waals surface area contributed by atoms with Gasteiger partial charge >= 0.3 is 13.8 Å². The van der Waals surface area contributed by atoms with E-state index in [1.165, 1.54) is 154 Å². The Labute approximate surface area is 363 Å². The van der Waals surface area contributed by atoms with E-state index in [2.05, 4.69) is 55.6 Å². The first kappa shape index (κ1) is 57.2. The highest BCUT2D eigenvalue weighted by molar-refractivity contribution is 7.47. The molecule has 0 aromatic heterocycles. The summed E-state index contributed by atoms with van der Waals surface area (Å²) in [7, 11) is -4.42. The maximum absolute atomic E-state index is 12.1. The Morgan fingerprint density at radius 3 is 1.41 bits per heavy atom. The molecule has 1 amide bonds. The number of phosphoric acid groups is 1. The Bertz CT molecular complexity index is 1060. The van der Waals surface area contributed by atoms with Crippen molar-refractivity contribution in [1.29, 1.82) is 0 Å². The molecule has 0 saturated carbocycles. The molecule has 346 valence electrons. The van der Waals surface area contributed by atoms with Gasteiger partial charge in [-0.05, 0) is 51.4 Å². The molecule has 2 atom stereocenters. The Morgan fingerprint density at radius 1 is 0.525 bits per heavy atom. The molecule has 0 aliphatic carbocycles. The number of rotatable bonds is 46. The fourth-order valence-electron chi connectivity index (χ4n) is 6.86. The monoisotopic (exact) mass is 854 g/mol. The second-order valence-electron chi connectivity index (χ2n) is 16.4. The Morgan fingerprint density at radius 2 is 0.915 bits per heavy atom. The van der Waals surface area contributed by atoms with Crippen LogP contribution in [-0.4, -0.2) is 54.3 Å². The van der Waals surface area contributed by atoms with Crippen LogP contribution in [0.2, 0.25) is 0 Å². The number of hydrogen-bond donors (Lipinski definition) is 3. The third-order valence-corrected chi connectivity index (χ3v) is 11.6. The van der Waals surface area contributed by atoms with Crippen LogP contribution >= 0.6 is 7.82 Å². The van der Waals surface area contributed by atoms with E-state index in [1.807, 2.05) is 0 Å². The van der Waals surface area contributed by atoms with Crippen LogP contribution < -0.4 is 5.32 Å². The van der Waals surface area contributed by atoms with Crippen molar-refractivity contribution in [2.24, 2.45) is 0 Å². The fraction of sp³-hybridized carbons (Fsp3) is 0.837. The third-order valence-electron chi connectivity index (χ3n) is 10.6. The molecule has 0 saturated heterocycles. The van der Waals surface area contributed by atoms with E-state index in [1.54, 1.807) is 0 Å². The van der Waals surface area contributed by atoms with Crippen LogP contribution in [0.5, 0.6) is 0 Å². The van der Waals surface area contributed by atoms with E-state index in [-0.39, 0.29) is 32.1 Å². The van der Waals surface area contributed by atoms with Crippen molar-refractivity contribution in [2.45, 2.75) is 238 Å². The summed E-state index contributed by atoms with van der Waals surface area (Å²) in [4.78, 5) is 34.0. The van der Waals surface area contributed by atoms with Gasteiger partial charge in [0, 0.05) is 19.4 Å². The number of carbonyl (C=O) groups excluding carboxylic acids is 2. The number of allylic oxidation sites excluding steroid dienone is 6. The molecule has 3 N–H and O–H groups in total. The lowest BCUT2D eigenvalue weighted by atomic mass is 10.0. The average molecular weight is 854 g/mol. The third kappa shape index (κ3) is 47.1. The molecule has 0 radical (unpaired) electrons. The largest absolute Gasteiger partial charge is 0.472 e. The minimum absolute atomic E-state index is 0.0806. The molecule has 0 bridgehead atoms. The highest BCUT2D eigenvalue weighted by atomic mass is 31.2. The van der Waals surface area contributed by atoms with E-state index >= 15 is 0 Å². The second kappa shape index (κ2) is 45.7. The highest BCUT2D eigenvalue weighted by Crippen LogP contribution is 2.42. The van der Waals surface area contributed by atoms with Gasteiger partial charge in [-0.15, -0.1) is 0 Å². The number of aliphatic hydroxyl groups is 1. The van der Waals surface area contributed by atoms with Crippen molar-refractivity contribution in [2.75, 3.05) is 26.4 Å². The predicted molar refractivity (Wildman–Crippen MR) is 247 cm³/mol. The lowest BCUT2D eigenvalue weighted by molar-refractivity contribution is -0.147. The molecule has 0 fully saturated rings. The lowest BCUT2D eigenvalue weighted by Gasteiger charge is -2.15. The van der Waals surface area contributed by atoms with E-state index in [9.17, 15) is 24.2 Å². The van der Waals surface area contributed by atoms with Gasteiger partial charge in [-0.3, -0.25) is 18.6 Å². The zero-order valence-electron chi connectivity index (χ0n) is 38.2. The zero-order valence-corrected chi connectivity index (χ0v) is 39.1. The summed E-state index contributed by atoms with van der Waals surface area (Å²) in [5.41, 5.74) is 0. The second-order valence-corrected chi connectivity index (χ2v) is 17.9. The van der Waals surface area contributed by atoms with E-state index in [4.69, 9.17) is 13.8 Å². The summed E-state index contributed by atoms with van der Waals surface area (Å²) in [6, 6.07) is 0. The summed E-state index contributed by atoms with van der Waals surface area (Å²) in [6.07, 6.45) is 52.2. The lowest BCUT2D eigenvalue weighted by Crippen LogP contribution is -2.27. The number of carbonyl (C=O) groups is 2. The Hall–Kier alpha value is -1.77. The van der Waals surface area contributed by atoms with Crippen LogP contribution in [0.25, 0.3) is 0 Å². The van der Waals surface area contributed by atoms with Gasteiger partial charge in [-0.25, -0.2) is 4.57 Å². The van der Waals surface area contributed by atoms with Gasteiger partial charge in [-0.1, -0.05) is 204 Å². The SMILES string of the molecule is CCCCC/C=C\C/C=C\C/C=C\CCCCCCCCCCCCC(=O)NCCOP(=O)(O)OCC(O)COC(=O)CCCCCCCCCCCCCCCCC. The standard InChI is InChI=1S/C49H92NO8P/c1-3-5-7-9-11-13-15-17-19-20-21-22-23-24-25-26-28-29-31-33-35-37-39-41-48(52)50-43-44-57-59(54,55)58-46-47(51)45-56-49(53)42-40-38-36-34-32-30-27-18-16-14-12-10-8-6-4-2/h11,13,17,19,21-22,47,51H,3-10,12,14-16,18,20,23-46H2,1-2H3,(H,50,52)(H,54,55)/b13-11-,19-17-,22-21-. The Kier molecular flexibility index (Phi) is 44.4. The van der Waals surface area contributed by atoms with Crippen molar-refractivity contribution in [3.8, 4) is 0 Å². The topological polar surface area (TPSA) is 131 Å². The summed E-state index contributed by atoms with van der Waals surface area (Å²) < 4.78 is 26.9. The molecule has 10 heteroatoms. The molecular weight excluding hydrogens is 762 g/mol. The minimum atomic E-state index is -4.42. The molecule has 0 aromatic rings. The number of amides is 1. The van der Waals surface area contributed by atoms with Gasteiger partial charge < -0.3 is 20.1 Å². The van der Waals surface area contributed by atoms with Crippen molar-refractivity contribution < 1.29 is 37.9 Å². The number of ether oxygens (including phenoxy) is 1. The zero-order chi connectivity index (χ0) is 43.2. The van der Waals surface area contributed by atoms with E-state index in [0.717, 1.165) is 51.4 Å². The first-order valence-corrected chi connectivity index (χ1v) is 26.0. The van der Waals surface area contributed by atoms with E-state index in [0.29, 0.717) is 6.42 Å². The van der Waals surface area contributed by atoms with Crippen LogP contribution in [0.4, 0.5) is 0 Å². The number of unbranched alkanes of at least 4 members (excludes halogenated alkanes) is 27. The van der Waals surface area contributed by atoms with Crippen LogP contribution in [-0.2, 0) is 27.9 Å². The first-order chi connectivity index (χ1) is 28.8. The maximum Gasteiger partial charge on any atom is 0.472 e. The highest BCUT2D eigenvalue weighted by Gasteiger charge is 2.23. The molecule has 9 nitrogen and oxygen atoms in total. The quantitative estimate of drug-likeness (QED) is 0.0239. The van der Waals surface area contributed by atoms with Crippen molar-refractivity contribution in [3.63, 3.8) is 0 Å². The summed E-state index contributed by atoms with van der Waals surface area (Å²) in [6.45, 7) is 3.55. The molecule has 0 spiro atoms. The normalized spacial score (nSPS) is 13.5. The number of esters is 1. The van der Waals surface area contributed by atoms with Crippen molar-refractivity contribution in [1.82, 2.24) is 5.32 Å². The number of phosphoric ester groups is 1. The molecule has 0 rings (SSSR count). The van der Waals surface area contributed by atoms with Crippen LogP contribution in [0.1, 0.15) is 232 Å². The predicted octanol–water partition coefficient (Wildman–Crippen LogP) is 14.1. The molecule has 0 aromatic carbocycles. The first-order valence-electron chi connectivity index (χ1n) is 24.5. The Balaban J connectivity index is 3.56. The minimum Gasteiger partial charge on any atom is -0.463 e. The molecule has 59 heavy (non-hydrogen) atoms. The summed E-state index contributed by atoms with van der Waals surface area (Å²) in [5, 5.41) is 12.7. The van der Waals surface area contributed by atoms with Crippen molar-refractivity contribution in [3.05, 3.63) is 36.5 Å². The number of hydrogen-bond acceptors (Lipinski definition) is 7.